The molecule has 1 saturated heterocycles. The lowest BCUT2D eigenvalue weighted by atomic mass is 10.1. The van der Waals surface area contributed by atoms with E-state index >= 15 is 0 Å². The Morgan fingerprint density at radius 2 is 2.21 bits per heavy atom. The van der Waals surface area contributed by atoms with E-state index in [1.165, 1.54) is 0 Å². The van der Waals surface area contributed by atoms with Gasteiger partial charge in [0, 0.05) is 55.7 Å². The first-order valence-electron chi connectivity index (χ1n) is 9.40. The number of rotatable bonds is 4. The van der Waals surface area contributed by atoms with E-state index in [4.69, 9.17) is 0 Å². The third-order valence-corrected chi connectivity index (χ3v) is 5.38. The molecule has 1 aliphatic heterocycles. The average Bonchev–Trinajstić information content (AvgIpc) is 3.42. The highest BCUT2D eigenvalue weighted by Crippen LogP contribution is 2.23. The number of anilines is 1. The number of amides is 1. The molecule has 5 rings (SSSR count). The topological polar surface area (TPSA) is 80.4 Å². The van der Waals surface area contributed by atoms with Crippen LogP contribution in [0.1, 0.15) is 12.0 Å². The van der Waals surface area contributed by atoms with Crippen molar-refractivity contribution in [2.75, 3.05) is 18.0 Å². The van der Waals surface area contributed by atoms with E-state index in [0.29, 0.717) is 6.42 Å². The van der Waals surface area contributed by atoms with Crippen LogP contribution in [-0.4, -0.2) is 49.2 Å². The molecule has 1 atom stereocenters. The number of para-hydroxylation sites is 1. The molecule has 0 bridgehead atoms. The van der Waals surface area contributed by atoms with Crippen LogP contribution in [0.15, 0.2) is 49.2 Å². The summed E-state index contributed by atoms with van der Waals surface area (Å²) in [6.45, 7) is 1.56. The second-order valence-electron chi connectivity index (χ2n) is 7.27. The van der Waals surface area contributed by atoms with Gasteiger partial charge in [-0.05, 0) is 18.1 Å². The standard InChI is InChI=1S/C20H21N7O/c1-25-11-14(16-4-2-3-5-17(16)25)10-18(28)23-15-6-8-26(12-15)19-20-24-22-13-27(20)9-7-21-19/h2-5,7,9,11,13,15H,6,8,10,12H2,1H3,(H,23,28)/t15-/m0/s1. The number of hydrogen-bond donors (Lipinski definition) is 1. The molecule has 1 fully saturated rings. The summed E-state index contributed by atoms with van der Waals surface area (Å²) in [5, 5.41) is 12.4. The molecule has 8 nitrogen and oxygen atoms in total. The van der Waals surface area contributed by atoms with Gasteiger partial charge in [0.25, 0.3) is 0 Å². The van der Waals surface area contributed by atoms with E-state index in [0.717, 1.165) is 47.4 Å². The Labute approximate surface area is 161 Å². The number of benzene rings is 1. The SMILES string of the molecule is Cn1cc(CC(=O)N[C@H]2CCN(c3nccn4cnnc34)C2)c2ccccc21. The molecule has 0 unspecified atom stereocenters. The number of aryl methyl sites for hydroxylation is 1. The molecule has 142 valence electrons. The Morgan fingerprint density at radius 3 is 3.14 bits per heavy atom. The molecule has 0 spiro atoms. The fraction of sp³-hybridized carbons (Fsp3) is 0.300. The average molecular weight is 375 g/mol. The number of aromatic nitrogens is 5. The van der Waals surface area contributed by atoms with Crippen LogP contribution in [0.25, 0.3) is 16.6 Å². The van der Waals surface area contributed by atoms with Gasteiger partial charge in [-0.1, -0.05) is 18.2 Å². The Bertz CT molecular complexity index is 1160. The molecule has 1 amide bonds. The monoisotopic (exact) mass is 375 g/mol. The Hall–Kier alpha value is -3.42. The summed E-state index contributed by atoms with van der Waals surface area (Å²) in [5.41, 5.74) is 2.94. The quantitative estimate of drug-likeness (QED) is 0.585. The van der Waals surface area contributed by atoms with Crippen molar-refractivity contribution in [1.29, 1.82) is 0 Å². The van der Waals surface area contributed by atoms with Gasteiger partial charge in [0.1, 0.15) is 6.33 Å². The summed E-state index contributed by atoms with van der Waals surface area (Å²) in [5.74, 6) is 0.864. The molecule has 8 heteroatoms. The van der Waals surface area contributed by atoms with E-state index < -0.39 is 0 Å². The number of carbonyl (C=O) groups is 1. The summed E-state index contributed by atoms with van der Waals surface area (Å²) >= 11 is 0. The molecular formula is C20H21N7O. The molecule has 0 aliphatic carbocycles. The zero-order valence-electron chi connectivity index (χ0n) is 15.6. The second kappa shape index (κ2) is 6.63. The molecule has 4 aromatic rings. The van der Waals surface area contributed by atoms with Gasteiger partial charge in [-0.15, -0.1) is 10.2 Å². The van der Waals surface area contributed by atoms with Crippen molar-refractivity contribution in [3.63, 3.8) is 0 Å². The summed E-state index contributed by atoms with van der Waals surface area (Å²) in [6, 6.07) is 8.27. The number of hydrogen-bond acceptors (Lipinski definition) is 5. The van der Waals surface area contributed by atoms with Gasteiger partial charge in [0.15, 0.2) is 5.82 Å². The van der Waals surface area contributed by atoms with Gasteiger partial charge < -0.3 is 14.8 Å². The van der Waals surface area contributed by atoms with Crippen molar-refractivity contribution < 1.29 is 4.79 Å². The predicted octanol–water partition coefficient (Wildman–Crippen LogP) is 1.55. The lowest BCUT2D eigenvalue weighted by Crippen LogP contribution is -2.38. The van der Waals surface area contributed by atoms with Crippen LogP contribution in [0.5, 0.6) is 0 Å². The highest BCUT2D eigenvalue weighted by molar-refractivity contribution is 5.89. The van der Waals surface area contributed by atoms with Crippen LogP contribution in [0, 0.1) is 0 Å². The maximum atomic E-state index is 12.7. The number of nitrogens with one attached hydrogen (secondary N) is 1. The van der Waals surface area contributed by atoms with Gasteiger partial charge in [-0.25, -0.2) is 4.98 Å². The Kier molecular flexibility index (Phi) is 3.96. The molecule has 0 radical (unpaired) electrons. The van der Waals surface area contributed by atoms with Crippen LogP contribution < -0.4 is 10.2 Å². The smallest absolute Gasteiger partial charge is 0.224 e. The lowest BCUT2D eigenvalue weighted by molar-refractivity contribution is -0.121. The van der Waals surface area contributed by atoms with Crippen LogP contribution in [0.3, 0.4) is 0 Å². The summed E-state index contributed by atoms with van der Waals surface area (Å²) < 4.78 is 3.93. The largest absolute Gasteiger partial charge is 0.351 e. The van der Waals surface area contributed by atoms with Crippen LogP contribution >= 0.6 is 0 Å². The fourth-order valence-electron chi connectivity index (χ4n) is 4.06. The molecular weight excluding hydrogens is 354 g/mol. The van der Waals surface area contributed by atoms with E-state index in [9.17, 15) is 4.79 Å². The zero-order chi connectivity index (χ0) is 19.1. The van der Waals surface area contributed by atoms with E-state index in [1.54, 1.807) is 12.5 Å². The fourth-order valence-corrected chi connectivity index (χ4v) is 4.06. The molecule has 3 aromatic heterocycles. The van der Waals surface area contributed by atoms with Gasteiger partial charge >= 0.3 is 0 Å². The maximum Gasteiger partial charge on any atom is 0.224 e. The summed E-state index contributed by atoms with van der Waals surface area (Å²) in [4.78, 5) is 19.3. The minimum absolute atomic E-state index is 0.0526. The third-order valence-electron chi connectivity index (χ3n) is 5.38. The van der Waals surface area contributed by atoms with Crippen molar-refractivity contribution >= 4 is 28.3 Å². The summed E-state index contributed by atoms with van der Waals surface area (Å²) in [7, 11) is 2.01. The normalized spacial score (nSPS) is 16.9. The first kappa shape index (κ1) is 16.7. The van der Waals surface area contributed by atoms with Crippen molar-refractivity contribution in [2.24, 2.45) is 7.05 Å². The second-order valence-corrected chi connectivity index (χ2v) is 7.27. The number of nitrogens with zero attached hydrogens (tertiary/aromatic N) is 6. The van der Waals surface area contributed by atoms with Crippen molar-refractivity contribution in [2.45, 2.75) is 18.9 Å². The molecule has 4 heterocycles. The van der Waals surface area contributed by atoms with E-state index in [-0.39, 0.29) is 11.9 Å². The lowest BCUT2D eigenvalue weighted by Gasteiger charge is -2.18. The van der Waals surface area contributed by atoms with Crippen LogP contribution in [0.2, 0.25) is 0 Å². The molecule has 1 N–H and O–H groups in total. The Balaban J connectivity index is 1.27. The molecule has 0 saturated carbocycles. The first-order valence-corrected chi connectivity index (χ1v) is 9.40. The number of fused-ring (bicyclic) bond motifs is 2. The zero-order valence-corrected chi connectivity index (χ0v) is 15.6. The van der Waals surface area contributed by atoms with Crippen LogP contribution in [-0.2, 0) is 18.3 Å². The summed E-state index contributed by atoms with van der Waals surface area (Å²) in [6.07, 6.45) is 8.56. The van der Waals surface area contributed by atoms with Crippen LogP contribution in [0.4, 0.5) is 5.82 Å². The molecule has 1 aromatic carbocycles. The van der Waals surface area contributed by atoms with Gasteiger partial charge in [-0.3, -0.25) is 9.20 Å². The third kappa shape index (κ3) is 2.87. The van der Waals surface area contributed by atoms with Gasteiger partial charge in [0.2, 0.25) is 11.6 Å². The Morgan fingerprint density at radius 1 is 1.32 bits per heavy atom. The first-order chi connectivity index (χ1) is 13.7. The minimum Gasteiger partial charge on any atom is -0.351 e. The highest BCUT2D eigenvalue weighted by Gasteiger charge is 2.27. The van der Waals surface area contributed by atoms with Crippen molar-refractivity contribution in [1.82, 2.24) is 29.5 Å². The van der Waals surface area contributed by atoms with Gasteiger partial charge in [-0.2, -0.15) is 0 Å². The molecule has 1 aliphatic rings. The predicted molar refractivity (Wildman–Crippen MR) is 106 cm³/mol. The van der Waals surface area contributed by atoms with E-state index in [2.05, 4.69) is 42.1 Å². The molecule has 28 heavy (non-hydrogen) atoms. The van der Waals surface area contributed by atoms with Gasteiger partial charge in [0.05, 0.1) is 6.42 Å². The maximum absolute atomic E-state index is 12.7. The van der Waals surface area contributed by atoms with Crippen molar-refractivity contribution in [3.05, 3.63) is 54.7 Å². The highest BCUT2D eigenvalue weighted by atomic mass is 16.1. The van der Waals surface area contributed by atoms with E-state index in [1.807, 2.05) is 36.0 Å². The van der Waals surface area contributed by atoms with Crippen molar-refractivity contribution in [3.8, 4) is 0 Å². The number of carbonyl (C=O) groups excluding carboxylic acids is 1. The minimum atomic E-state index is 0.0526.